The maximum atomic E-state index is 11.8. The van der Waals surface area contributed by atoms with E-state index in [1.54, 1.807) is 18.0 Å². The lowest BCUT2D eigenvalue weighted by molar-refractivity contribution is -0.116. The zero-order valence-electron chi connectivity index (χ0n) is 10.3. The number of rotatable bonds is 5. The highest BCUT2D eigenvalue weighted by Gasteiger charge is 2.05. The molecule has 1 aromatic carbocycles. The highest BCUT2D eigenvalue weighted by Crippen LogP contribution is 2.18. The van der Waals surface area contributed by atoms with E-state index in [1.165, 1.54) is 5.56 Å². The molecule has 0 aliphatic heterocycles. The van der Waals surface area contributed by atoms with E-state index in [-0.39, 0.29) is 5.78 Å². The standard InChI is InChI=1S/C15H15NOS/c1-12-5-7-15(8-6-12)18-11-14(17)10-13-4-2-3-9-16-13/h2-9H,10-11H2,1H3. The van der Waals surface area contributed by atoms with Crippen LogP contribution in [0.2, 0.25) is 0 Å². The van der Waals surface area contributed by atoms with Crippen LogP contribution in [0.15, 0.2) is 53.6 Å². The minimum atomic E-state index is 0.208. The maximum Gasteiger partial charge on any atom is 0.149 e. The lowest BCUT2D eigenvalue weighted by Gasteiger charge is -2.02. The molecule has 0 saturated carbocycles. The van der Waals surface area contributed by atoms with Crippen LogP contribution in [0.3, 0.4) is 0 Å². The Labute approximate surface area is 111 Å². The summed E-state index contributed by atoms with van der Waals surface area (Å²) in [6, 6.07) is 13.9. The van der Waals surface area contributed by atoms with Crippen molar-refractivity contribution in [3.05, 3.63) is 59.9 Å². The summed E-state index contributed by atoms with van der Waals surface area (Å²) >= 11 is 1.58. The number of ketones is 1. The van der Waals surface area contributed by atoms with E-state index >= 15 is 0 Å². The van der Waals surface area contributed by atoms with Crippen molar-refractivity contribution in [2.45, 2.75) is 18.2 Å². The zero-order chi connectivity index (χ0) is 12.8. The number of benzene rings is 1. The number of thioether (sulfide) groups is 1. The molecule has 0 bridgehead atoms. The molecule has 0 aliphatic rings. The molecule has 3 heteroatoms. The van der Waals surface area contributed by atoms with Gasteiger partial charge in [-0.05, 0) is 31.2 Å². The Morgan fingerprint density at radius 2 is 1.94 bits per heavy atom. The van der Waals surface area contributed by atoms with Crippen LogP contribution >= 0.6 is 11.8 Å². The molecule has 2 aromatic rings. The monoisotopic (exact) mass is 257 g/mol. The van der Waals surface area contributed by atoms with Crippen LogP contribution in [0.4, 0.5) is 0 Å². The summed E-state index contributed by atoms with van der Waals surface area (Å²) in [5.41, 5.74) is 2.08. The molecule has 0 aliphatic carbocycles. The third kappa shape index (κ3) is 4.00. The Kier molecular flexibility index (Phi) is 4.53. The van der Waals surface area contributed by atoms with Crippen molar-refractivity contribution in [1.82, 2.24) is 4.98 Å². The summed E-state index contributed by atoms with van der Waals surface area (Å²) in [4.78, 5) is 17.1. The summed E-state index contributed by atoms with van der Waals surface area (Å²) in [7, 11) is 0. The van der Waals surface area contributed by atoms with Gasteiger partial charge in [0.1, 0.15) is 5.78 Å². The first-order valence-corrected chi connectivity index (χ1v) is 6.84. The van der Waals surface area contributed by atoms with Crippen LogP contribution in [0.1, 0.15) is 11.3 Å². The Hall–Kier alpha value is -1.61. The Morgan fingerprint density at radius 1 is 1.17 bits per heavy atom. The SMILES string of the molecule is Cc1ccc(SCC(=O)Cc2ccccn2)cc1. The molecule has 0 N–H and O–H groups in total. The molecule has 2 rings (SSSR count). The second kappa shape index (κ2) is 6.36. The molecule has 0 fully saturated rings. The van der Waals surface area contributed by atoms with Crippen molar-refractivity contribution in [3.8, 4) is 0 Å². The number of carbonyl (C=O) groups is 1. The van der Waals surface area contributed by atoms with Gasteiger partial charge < -0.3 is 0 Å². The van der Waals surface area contributed by atoms with Gasteiger partial charge in [-0.2, -0.15) is 0 Å². The summed E-state index contributed by atoms with van der Waals surface area (Å²) in [6.07, 6.45) is 2.13. The van der Waals surface area contributed by atoms with Crippen molar-refractivity contribution in [1.29, 1.82) is 0 Å². The largest absolute Gasteiger partial charge is 0.298 e. The van der Waals surface area contributed by atoms with Crippen LogP contribution in [0, 0.1) is 6.92 Å². The average molecular weight is 257 g/mol. The van der Waals surface area contributed by atoms with Crippen molar-refractivity contribution < 1.29 is 4.79 Å². The number of hydrogen-bond donors (Lipinski definition) is 0. The maximum absolute atomic E-state index is 11.8. The first-order valence-electron chi connectivity index (χ1n) is 5.85. The quantitative estimate of drug-likeness (QED) is 0.770. The topological polar surface area (TPSA) is 30.0 Å². The molecule has 0 radical (unpaired) electrons. The van der Waals surface area contributed by atoms with E-state index in [9.17, 15) is 4.79 Å². The molecule has 1 heterocycles. The molecule has 0 spiro atoms. The van der Waals surface area contributed by atoms with Gasteiger partial charge in [-0.1, -0.05) is 23.8 Å². The van der Waals surface area contributed by atoms with Gasteiger partial charge in [0.05, 0.1) is 5.75 Å². The van der Waals surface area contributed by atoms with Gasteiger partial charge in [0, 0.05) is 23.2 Å². The number of carbonyl (C=O) groups excluding carboxylic acids is 1. The fraction of sp³-hybridized carbons (Fsp3) is 0.200. The van der Waals surface area contributed by atoms with Crippen LogP contribution in [-0.2, 0) is 11.2 Å². The molecule has 2 nitrogen and oxygen atoms in total. The highest BCUT2D eigenvalue weighted by atomic mass is 32.2. The molecular formula is C15H15NOS. The molecule has 0 unspecified atom stereocenters. The number of aryl methyl sites for hydroxylation is 1. The van der Waals surface area contributed by atoms with E-state index in [1.807, 2.05) is 30.3 Å². The predicted octanol–water partition coefficient (Wildman–Crippen LogP) is 3.29. The van der Waals surface area contributed by atoms with E-state index in [4.69, 9.17) is 0 Å². The van der Waals surface area contributed by atoms with E-state index in [0.29, 0.717) is 12.2 Å². The van der Waals surface area contributed by atoms with Gasteiger partial charge in [0.2, 0.25) is 0 Å². The molecule has 18 heavy (non-hydrogen) atoms. The third-order valence-electron chi connectivity index (χ3n) is 2.53. The number of aromatic nitrogens is 1. The Bertz CT molecular complexity index is 508. The number of nitrogens with zero attached hydrogens (tertiary/aromatic N) is 1. The van der Waals surface area contributed by atoms with Gasteiger partial charge in [-0.3, -0.25) is 9.78 Å². The third-order valence-corrected chi connectivity index (χ3v) is 3.60. The fourth-order valence-corrected chi connectivity index (χ4v) is 2.31. The highest BCUT2D eigenvalue weighted by molar-refractivity contribution is 8.00. The van der Waals surface area contributed by atoms with Gasteiger partial charge in [0.25, 0.3) is 0 Å². The number of pyridine rings is 1. The molecule has 1 aromatic heterocycles. The van der Waals surface area contributed by atoms with E-state index in [2.05, 4.69) is 24.0 Å². The molecule has 0 saturated heterocycles. The van der Waals surface area contributed by atoms with Gasteiger partial charge in [0.15, 0.2) is 0 Å². The minimum absolute atomic E-state index is 0.208. The Balaban J connectivity index is 1.83. The second-order valence-electron chi connectivity index (χ2n) is 4.14. The van der Waals surface area contributed by atoms with Crippen molar-refractivity contribution in [2.24, 2.45) is 0 Å². The summed E-state index contributed by atoms with van der Waals surface area (Å²) in [5, 5.41) is 0. The van der Waals surface area contributed by atoms with Crippen LogP contribution in [0.25, 0.3) is 0 Å². The van der Waals surface area contributed by atoms with Crippen molar-refractivity contribution in [3.63, 3.8) is 0 Å². The lowest BCUT2D eigenvalue weighted by atomic mass is 10.2. The van der Waals surface area contributed by atoms with Gasteiger partial charge in [-0.25, -0.2) is 0 Å². The fourth-order valence-electron chi connectivity index (χ4n) is 1.55. The molecular weight excluding hydrogens is 242 g/mol. The van der Waals surface area contributed by atoms with Gasteiger partial charge in [-0.15, -0.1) is 11.8 Å². The van der Waals surface area contributed by atoms with Crippen LogP contribution in [0.5, 0.6) is 0 Å². The second-order valence-corrected chi connectivity index (χ2v) is 5.19. The molecule has 0 atom stereocenters. The lowest BCUT2D eigenvalue weighted by Crippen LogP contribution is -2.06. The van der Waals surface area contributed by atoms with Crippen molar-refractivity contribution >= 4 is 17.5 Å². The first-order chi connectivity index (χ1) is 8.74. The zero-order valence-corrected chi connectivity index (χ0v) is 11.1. The van der Waals surface area contributed by atoms with E-state index in [0.717, 1.165) is 10.6 Å². The number of hydrogen-bond acceptors (Lipinski definition) is 3. The van der Waals surface area contributed by atoms with E-state index < -0.39 is 0 Å². The summed E-state index contributed by atoms with van der Waals surface area (Å²) in [6.45, 7) is 2.06. The average Bonchev–Trinajstić information content (AvgIpc) is 2.39. The van der Waals surface area contributed by atoms with Crippen LogP contribution in [-0.4, -0.2) is 16.5 Å². The Morgan fingerprint density at radius 3 is 2.61 bits per heavy atom. The van der Waals surface area contributed by atoms with Crippen molar-refractivity contribution in [2.75, 3.05) is 5.75 Å². The first kappa shape index (κ1) is 12.8. The molecule has 92 valence electrons. The summed E-state index contributed by atoms with van der Waals surface area (Å²) in [5.74, 6) is 0.707. The predicted molar refractivity (Wildman–Crippen MR) is 74.9 cm³/mol. The summed E-state index contributed by atoms with van der Waals surface area (Å²) < 4.78 is 0. The molecule has 0 amide bonds. The minimum Gasteiger partial charge on any atom is -0.298 e. The smallest absolute Gasteiger partial charge is 0.149 e. The number of Topliss-reactive ketones (excluding diaryl/α,β-unsaturated/α-hetero) is 1. The van der Waals surface area contributed by atoms with Crippen LogP contribution < -0.4 is 0 Å². The van der Waals surface area contributed by atoms with Gasteiger partial charge >= 0.3 is 0 Å². The normalized spacial score (nSPS) is 10.3.